The Labute approximate surface area is 153 Å². The number of hydrogen-bond acceptors (Lipinski definition) is 4. The fourth-order valence-corrected chi connectivity index (χ4v) is 2.63. The van der Waals surface area contributed by atoms with Crippen LogP contribution in [-0.2, 0) is 4.79 Å². The topological polar surface area (TPSA) is 63.1 Å². The maximum absolute atomic E-state index is 12.2. The molecular formula is C20H23N5O. The van der Waals surface area contributed by atoms with Gasteiger partial charge in [-0.05, 0) is 43.7 Å². The standard InChI is InChI=1S/C20H23N5O/c1-14(2)25-20-16(12-22-25)11-17(13-21-20)23-19(26)10-7-15-5-8-18(9-6-15)24(3)4/h5-14H,1-4H3,(H,23,26)/b10-7+. The van der Waals surface area contributed by atoms with Crippen molar-refractivity contribution in [3.63, 3.8) is 0 Å². The molecule has 0 aliphatic carbocycles. The molecule has 1 N–H and O–H groups in total. The molecule has 0 fully saturated rings. The number of rotatable bonds is 5. The van der Waals surface area contributed by atoms with E-state index < -0.39 is 0 Å². The van der Waals surface area contributed by atoms with Gasteiger partial charge in [0.1, 0.15) is 0 Å². The number of fused-ring (bicyclic) bond motifs is 1. The largest absolute Gasteiger partial charge is 0.378 e. The quantitative estimate of drug-likeness (QED) is 0.713. The zero-order valence-electron chi connectivity index (χ0n) is 15.5. The molecule has 3 aromatic rings. The molecule has 1 aromatic carbocycles. The number of hydrogen-bond donors (Lipinski definition) is 1. The molecule has 26 heavy (non-hydrogen) atoms. The van der Waals surface area contributed by atoms with Gasteiger partial charge in [0.2, 0.25) is 5.91 Å². The molecule has 0 bridgehead atoms. The summed E-state index contributed by atoms with van der Waals surface area (Å²) in [6.45, 7) is 4.11. The Kier molecular flexibility index (Phi) is 5.02. The van der Waals surface area contributed by atoms with Crippen molar-refractivity contribution in [2.75, 3.05) is 24.3 Å². The summed E-state index contributed by atoms with van der Waals surface area (Å²) in [4.78, 5) is 18.6. The first-order valence-electron chi connectivity index (χ1n) is 8.54. The molecule has 0 atom stereocenters. The summed E-state index contributed by atoms with van der Waals surface area (Å²) in [7, 11) is 3.99. The predicted octanol–water partition coefficient (Wildman–Crippen LogP) is 3.73. The summed E-state index contributed by atoms with van der Waals surface area (Å²) in [5, 5.41) is 8.08. The van der Waals surface area contributed by atoms with Gasteiger partial charge in [-0.15, -0.1) is 0 Å². The van der Waals surface area contributed by atoms with E-state index in [1.807, 2.05) is 54.0 Å². The zero-order chi connectivity index (χ0) is 18.7. The minimum atomic E-state index is -0.195. The lowest BCUT2D eigenvalue weighted by atomic mass is 10.2. The second-order valence-electron chi connectivity index (χ2n) is 6.63. The van der Waals surface area contributed by atoms with Gasteiger partial charge in [0.15, 0.2) is 5.65 Å². The van der Waals surface area contributed by atoms with Crippen molar-refractivity contribution in [3.8, 4) is 0 Å². The summed E-state index contributed by atoms with van der Waals surface area (Å²) in [5.41, 5.74) is 3.55. The minimum Gasteiger partial charge on any atom is -0.378 e. The highest BCUT2D eigenvalue weighted by Gasteiger charge is 2.08. The Morgan fingerprint density at radius 1 is 1.19 bits per heavy atom. The molecule has 134 valence electrons. The van der Waals surface area contributed by atoms with Crippen LogP contribution in [0, 0.1) is 0 Å². The van der Waals surface area contributed by atoms with Crippen LogP contribution in [0.25, 0.3) is 17.1 Å². The monoisotopic (exact) mass is 349 g/mol. The first-order chi connectivity index (χ1) is 12.4. The second-order valence-corrected chi connectivity index (χ2v) is 6.63. The molecule has 3 rings (SSSR count). The number of nitrogens with one attached hydrogen (secondary N) is 1. The molecule has 0 aliphatic heterocycles. The van der Waals surface area contributed by atoms with E-state index in [1.54, 1.807) is 18.5 Å². The molecule has 0 aliphatic rings. The highest BCUT2D eigenvalue weighted by atomic mass is 16.1. The minimum absolute atomic E-state index is 0.195. The first-order valence-corrected chi connectivity index (χ1v) is 8.54. The maximum Gasteiger partial charge on any atom is 0.248 e. The molecule has 0 spiro atoms. The van der Waals surface area contributed by atoms with Crippen LogP contribution in [0.5, 0.6) is 0 Å². The van der Waals surface area contributed by atoms with E-state index in [0.717, 1.165) is 22.3 Å². The summed E-state index contributed by atoms with van der Waals surface area (Å²) in [6, 6.07) is 10.1. The summed E-state index contributed by atoms with van der Waals surface area (Å²) >= 11 is 0. The second kappa shape index (κ2) is 7.39. The fourth-order valence-electron chi connectivity index (χ4n) is 2.63. The highest BCUT2D eigenvalue weighted by Crippen LogP contribution is 2.19. The van der Waals surface area contributed by atoms with E-state index in [0.29, 0.717) is 5.69 Å². The molecule has 0 unspecified atom stereocenters. The Balaban J connectivity index is 1.68. The Hall–Kier alpha value is -3.15. The molecule has 0 radical (unpaired) electrons. The van der Waals surface area contributed by atoms with E-state index in [-0.39, 0.29) is 11.9 Å². The zero-order valence-corrected chi connectivity index (χ0v) is 15.5. The SMILES string of the molecule is CC(C)n1ncc2cc(NC(=O)/C=C/c3ccc(N(C)C)cc3)cnc21. The van der Waals surface area contributed by atoms with Crippen molar-refractivity contribution >= 4 is 34.4 Å². The molecule has 0 saturated carbocycles. The lowest BCUT2D eigenvalue weighted by Crippen LogP contribution is -2.09. The number of carbonyl (C=O) groups is 1. The average molecular weight is 349 g/mol. The van der Waals surface area contributed by atoms with Crippen LogP contribution in [0.1, 0.15) is 25.5 Å². The van der Waals surface area contributed by atoms with Gasteiger partial charge in [-0.25, -0.2) is 9.67 Å². The van der Waals surface area contributed by atoms with Gasteiger partial charge in [-0.3, -0.25) is 4.79 Å². The van der Waals surface area contributed by atoms with Crippen LogP contribution in [0.3, 0.4) is 0 Å². The fraction of sp³-hybridized carbons (Fsp3) is 0.250. The summed E-state index contributed by atoms with van der Waals surface area (Å²) in [5.74, 6) is -0.195. The molecule has 6 nitrogen and oxygen atoms in total. The first kappa shape index (κ1) is 17.7. The smallest absolute Gasteiger partial charge is 0.248 e. The van der Waals surface area contributed by atoms with Crippen molar-refractivity contribution in [2.24, 2.45) is 0 Å². The van der Waals surface area contributed by atoms with Crippen LogP contribution < -0.4 is 10.2 Å². The Morgan fingerprint density at radius 2 is 1.92 bits per heavy atom. The van der Waals surface area contributed by atoms with E-state index >= 15 is 0 Å². The van der Waals surface area contributed by atoms with Crippen LogP contribution in [0.2, 0.25) is 0 Å². The predicted molar refractivity (Wildman–Crippen MR) is 106 cm³/mol. The van der Waals surface area contributed by atoms with E-state index in [2.05, 4.69) is 29.2 Å². The van der Waals surface area contributed by atoms with E-state index in [4.69, 9.17) is 0 Å². The van der Waals surface area contributed by atoms with Crippen molar-refractivity contribution in [1.29, 1.82) is 0 Å². The maximum atomic E-state index is 12.2. The third kappa shape index (κ3) is 3.91. The van der Waals surface area contributed by atoms with Crippen molar-refractivity contribution in [1.82, 2.24) is 14.8 Å². The molecule has 0 saturated heterocycles. The normalized spacial score (nSPS) is 11.4. The lowest BCUT2D eigenvalue weighted by molar-refractivity contribution is -0.111. The van der Waals surface area contributed by atoms with Crippen molar-refractivity contribution in [2.45, 2.75) is 19.9 Å². The molecule has 6 heteroatoms. The van der Waals surface area contributed by atoms with E-state index in [1.165, 1.54) is 6.08 Å². The van der Waals surface area contributed by atoms with Crippen LogP contribution in [0.4, 0.5) is 11.4 Å². The number of pyridine rings is 1. The van der Waals surface area contributed by atoms with Crippen LogP contribution in [-0.4, -0.2) is 34.8 Å². The summed E-state index contributed by atoms with van der Waals surface area (Å²) < 4.78 is 1.86. The van der Waals surface area contributed by atoms with Gasteiger partial charge in [0.05, 0.1) is 18.1 Å². The van der Waals surface area contributed by atoms with Gasteiger partial charge < -0.3 is 10.2 Å². The Morgan fingerprint density at radius 3 is 2.58 bits per heavy atom. The Bertz CT molecular complexity index is 938. The van der Waals surface area contributed by atoms with Crippen molar-refractivity contribution < 1.29 is 4.79 Å². The van der Waals surface area contributed by atoms with Crippen LogP contribution >= 0.6 is 0 Å². The van der Waals surface area contributed by atoms with Crippen molar-refractivity contribution in [3.05, 3.63) is 54.4 Å². The van der Waals surface area contributed by atoms with Gasteiger partial charge >= 0.3 is 0 Å². The average Bonchev–Trinajstić information content (AvgIpc) is 3.03. The number of anilines is 2. The van der Waals surface area contributed by atoms with Gasteiger partial charge in [0, 0.05) is 37.3 Å². The summed E-state index contributed by atoms with van der Waals surface area (Å²) in [6.07, 6.45) is 6.73. The number of carbonyl (C=O) groups excluding carboxylic acids is 1. The number of aromatic nitrogens is 3. The molecular weight excluding hydrogens is 326 g/mol. The third-order valence-corrected chi connectivity index (χ3v) is 4.03. The molecule has 1 amide bonds. The highest BCUT2D eigenvalue weighted by molar-refractivity contribution is 6.02. The number of nitrogens with zero attached hydrogens (tertiary/aromatic N) is 4. The third-order valence-electron chi connectivity index (χ3n) is 4.03. The van der Waals surface area contributed by atoms with Gasteiger partial charge in [-0.2, -0.15) is 5.10 Å². The van der Waals surface area contributed by atoms with Crippen LogP contribution in [0.15, 0.2) is 48.8 Å². The molecule has 2 heterocycles. The molecule has 2 aromatic heterocycles. The van der Waals surface area contributed by atoms with Gasteiger partial charge in [0.25, 0.3) is 0 Å². The lowest BCUT2D eigenvalue weighted by Gasteiger charge is -2.11. The number of benzene rings is 1. The number of amides is 1. The van der Waals surface area contributed by atoms with E-state index in [9.17, 15) is 4.79 Å². The van der Waals surface area contributed by atoms with Gasteiger partial charge in [-0.1, -0.05) is 12.1 Å².